The van der Waals surface area contributed by atoms with Crippen LogP contribution in [0.5, 0.6) is 5.75 Å². The van der Waals surface area contributed by atoms with E-state index in [4.69, 9.17) is 16.3 Å². The van der Waals surface area contributed by atoms with Gasteiger partial charge in [-0.25, -0.2) is 0 Å². The van der Waals surface area contributed by atoms with Crippen molar-refractivity contribution in [2.24, 2.45) is 0 Å². The summed E-state index contributed by atoms with van der Waals surface area (Å²) in [6.07, 6.45) is 1.73. The van der Waals surface area contributed by atoms with Gasteiger partial charge in [-0.1, -0.05) is 72.3 Å². The molecule has 0 aromatic heterocycles. The highest BCUT2D eigenvalue weighted by molar-refractivity contribution is 8.18. The number of hydrogen-bond acceptors (Lipinski definition) is 4. The van der Waals surface area contributed by atoms with Crippen LogP contribution in [0.2, 0.25) is 5.02 Å². The van der Waals surface area contributed by atoms with Crippen molar-refractivity contribution in [1.29, 1.82) is 0 Å². The number of ether oxygens (including phenoxy) is 1. The van der Waals surface area contributed by atoms with E-state index in [1.807, 2.05) is 78.9 Å². The summed E-state index contributed by atoms with van der Waals surface area (Å²) in [6, 6.07) is 24.4. The molecule has 30 heavy (non-hydrogen) atoms. The fraction of sp³-hybridized carbons (Fsp3) is 0.0833. The second kappa shape index (κ2) is 9.20. The van der Waals surface area contributed by atoms with Gasteiger partial charge >= 0.3 is 0 Å². The summed E-state index contributed by atoms with van der Waals surface area (Å²) in [7, 11) is 0. The predicted octanol–water partition coefficient (Wildman–Crippen LogP) is 6.16. The van der Waals surface area contributed by atoms with Crippen LogP contribution < -0.4 is 4.74 Å². The minimum absolute atomic E-state index is 0.255. The highest BCUT2D eigenvalue weighted by atomic mass is 35.5. The molecule has 0 unspecified atom stereocenters. The van der Waals surface area contributed by atoms with Crippen LogP contribution in [0.3, 0.4) is 0 Å². The molecule has 2 amide bonds. The monoisotopic (exact) mass is 435 g/mol. The van der Waals surface area contributed by atoms with E-state index in [9.17, 15) is 9.59 Å². The molecular weight excluding hydrogens is 418 g/mol. The van der Waals surface area contributed by atoms with Gasteiger partial charge in [-0.15, -0.1) is 0 Å². The van der Waals surface area contributed by atoms with Crippen LogP contribution in [-0.4, -0.2) is 16.0 Å². The van der Waals surface area contributed by atoms with Gasteiger partial charge in [0.05, 0.1) is 11.4 Å². The van der Waals surface area contributed by atoms with E-state index < -0.39 is 0 Å². The van der Waals surface area contributed by atoms with Crippen molar-refractivity contribution in [2.75, 3.05) is 0 Å². The van der Waals surface area contributed by atoms with E-state index in [1.54, 1.807) is 6.08 Å². The predicted molar refractivity (Wildman–Crippen MR) is 120 cm³/mol. The van der Waals surface area contributed by atoms with Crippen molar-refractivity contribution in [3.05, 3.63) is 105 Å². The van der Waals surface area contributed by atoms with E-state index in [0.29, 0.717) is 22.3 Å². The topological polar surface area (TPSA) is 46.6 Å². The number of benzene rings is 3. The second-order valence-corrected chi connectivity index (χ2v) is 8.10. The summed E-state index contributed by atoms with van der Waals surface area (Å²) in [5.41, 5.74) is 2.65. The van der Waals surface area contributed by atoms with Gasteiger partial charge in [0.25, 0.3) is 11.1 Å². The first-order valence-electron chi connectivity index (χ1n) is 9.36. The Kier molecular flexibility index (Phi) is 6.21. The molecule has 4 nitrogen and oxygen atoms in total. The van der Waals surface area contributed by atoms with Gasteiger partial charge in [0.1, 0.15) is 12.4 Å². The Morgan fingerprint density at radius 3 is 2.33 bits per heavy atom. The average Bonchev–Trinajstić information content (AvgIpc) is 3.02. The Bertz CT molecular complexity index is 1100. The van der Waals surface area contributed by atoms with Gasteiger partial charge in [-0.2, -0.15) is 0 Å². The lowest BCUT2D eigenvalue weighted by Gasteiger charge is -2.12. The fourth-order valence-corrected chi connectivity index (χ4v) is 4.02. The summed E-state index contributed by atoms with van der Waals surface area (Å²) in [5, 5.41) is 0.412. The molecule has 0 aliphatic carbocycles. The van der Waals surface area contributed by atoms with Crippen molar-refractivity contribution in [3.63, 3.8) is 0 Å². The van der Waals surface area contributed by atoms with Gasteiger partial charge < -0.3 is 4.74 Å². The van der Waals surface area contributed by atoms with Crippen LogP contribution in [0.4, 0.5) is 4.79 Å². The van der Waals surface area contributed by atoms with Crippen LogP contribution in [-0.2, 0) is 17.9 Å². The summed E-state index contributed by atoms with van der Waals surface area (Å²) in [5.74, 6) is 0.428. The van der Waals surface area contributed by atoms with Gasteiger partial charge in [-0.3, -0.25) is 14.5 Å². The van der Waals surface area contributed by atoms with Crippen LogP contribution in [0.1, 0.15) is 16.7 Å². The molecule has 0 saturated carbocycles. The number of amides is 2. The molecule has 0 radical (unpaired) electrons. The number of halogens is 1. The molecule has 1 aliphatic rings. The van der Waals surface area contributed by atoms with Crippen molar-refractivity contribution in [2.45, 2.75) is 13.2 Å². The second-order valence-electron chi connectivity index (χ2n) is 6.70. The molecule has 6 heteroatoms. The molecule has 3 aromatic rings. The maximum Gasteiger partial charge on any atom is 0.293 e. The summed E-state index contributed by atoms with van der Waals surface area (Å²) in [6.45, 7) is 0.648. The van der Waals surface area contributed by atoms with Gasteiger partial charge in [0.2, 0.25) is 0 Å². The van der Waals surface area contributed by atoms with Gasteiger partial charge in [0, 0.05) is 10.6 Å². The van der Waals surface area contributed by atoms with Crippen LogP contribution in [0, 0.1) is 0 Å². The summed E-state index contributed by atoms with van der Waals surface area (Å²) >= 11 is 7.11. The average molecular weight is 436 g/mol. The lowest BCUT2D eigenvalue weighted by atomic mass is 10.2. The number of carbonyl (C=O) groups is 2. The van der Waals surface area contributed by atoms with Crippen molar-refractivity contribution in [1.82, 2.24) is 4.90 Å². The quantitative estimate of drug-likeness (QED) is 0.435. The number of rotatable bonds is 6. The van der Waals surface area contributed by atoms with Crippen molar-refractivity contribution in [3.8, 4) is 5.75 Å². The lowest BCUT2D eigenvalue weighted by Crippen LogP contribution is -2.27. The van der Waals surface area contributed by atoms with E-state index >= 15 is 0 Å². The highest BCUT2D eigenvalue weighted by Gasteiger charge is 2.34. The molecule has 1 aliphatic heterocycles. The number of hydrogen-bond donors (Lipinski definition) is 0. The minimum atomic E-state index is -0.270. The van der Waals surface area contributed by atoms with Gasteiger partial charge in [0.15, 0.2) is 0 Å². The Labute approximate surface area is 184 Å². The lowest BCUT2D eigenvalue weighted by molar-refractivity contribution is -0.123. The molecule has 1 fully saturated rings. The largest absolute Gasteiger partial charge is 0.489 e. The van der Waals surface area contributed by atoms with Crippen molar-refractivity contribution >= 4 is 40.6 Å². The number of imide groups is 1. The van der Waals surface area contributed by atoms with Crippen LogP contribution in [0.15, 0.2) is 83.8 Å². The zero-order valence-corrected chi connectivity index (χ0v) is 17.5. The van der Waals surface area contributed by atoms with E-state index in [2.05, 4.69) is 0 Å². The Morgan fingerprint density at radius 1 is 0.900 bits per heavy atom. The Morgan fingerprint density at radius 2 is 1.60 bits per heavy atom. The van der Waals surface area contributed by atoms with Crippen LogP contribution in [0.25, 0.3) is 6.08 Å². The third-order valence-corrected chi connectivity index (χ3v) is 5.86. The molecule has 0 atom stereocenters. The van der Waals surface area contributed by atoms with E-state index in [0.717, 1.165) is 28.5 Å². The number of carbonyl (C=O) groups excluding carboxylic acids is 2. The summed E-state index contributed by atoms with van der Waals surface area (Å²) in [4.78, 5) is 26.6. The smallest absolute Gasteiger partial charge is 0.293 e. The Balaban J connectivity index is 1.41. The standard InChI is InChI=1S/C24H18ClNO3S/c25-21-9-5-4-8-19(21)16-29-20-12-10-17(11-13-20)14-22-23(27)26(24(28)30-22)15-18-6-2-1-3-7-18/h1-14H,15-16H2/b22-14+. The summed E-state index contributed by atoms with van der Waals surface area (Å²) < 4.78 is 5.78. The molecule has 4 rings (SSSR count). The molecule has 1 saturated heterocycles. The fourth-order valence-electron chi connectivity index (χ4n) is 2.99. The SMILES string of the molecule is O=C1S/C(=C/c2ccc(OCc3ccccc3Cl)cc2)C(=O)N1Cc1ccccc1. The molecule has 1 heterocycles. The molecule has 0 bridgehead atoms. The van der Waals surface area contributed by atoms with Gasteiger partial charge in [-0.05, 0) is 47.2 Å². The first-order valence-corrected chi connectivity index (χ1v) is 10.6. The zero-order valence-electron chi connectivity index (χ0n) is 16.0. The first-order chi connectivity index (χ1) is 14.6. The maximum atomic E-state index is 12.7. The molecule has 150 valence electrons. The maximum absolute atomic E-state index is 12.7. The third kappa shape index (κ3) is 4.75. The van der Waals surface area contributed by atoms with E-state index in [1.165, 1.54) is 4.90 Å². The number of thioether (sulfide) groups is 1. The first kappa shape index (κ1) is 20.3. The third-order valence-electron chi connectivity index (χ3n) is 4.59. The van der Waals surface area contributed by atoms with E-state index in [-0.39, 0.29) is 17.7 Å². The number of nitrogens with zero attached hydrogens (tertiary/aromatic N) is 1. The van der Waals surface area contributed by atoms with Crippen molar-refractivity contribution < 1.29 is 14.3 Å². The Hall–Kier alpha value is -3.02. The molecular formula is C24H18ClNO3S. The highest BCUT2D eigenvalue weighted by Crippen LogP contribution is 2.33. The zero-order chi connectivity index (χ0) is 20.9. The van der Waals surface area contributed by atoms with Crippen LogP contribution >= 0.6 is 23.4 Å². The normalized spacial score (nSPS) is 15.1. The minimum Gasteiger partial charge on any atom is -0.489 e. The molecule has 3 aromatic carbocycles. The molecule has 0 spiro atoms. The molecule has 0 N–H and O–H groups in total.